The molecule has 24 heavy (non-hydrogen) atoms. The summed E-state index contributed by atoms with van der Waals surface area (Å²) in [6, 6.07) is 11.3. The predicted molar refractivity (Wildman–Crippen MR) is 98.4 cm³/mol. The van der Waals surface area contributed by atoms with Crippen LogP contribution in [0.15, 0.2) is 36.4 Å². The van der Waals surface area contributed by atoms with Crippen LogP contribution >= 0.6 is 22.7 Å². The van der Waals surface area contributed by atoms with Crippen LogP contribution in [0.25, 0.3) is 10.2 Å². The average molecular weight is 382 g/mol. The van der Waals surface area contributed by atoms with Gasteiger partial charge < -0.3 is 0 Å². The average Bonchev–Trinajstić information content (AvgIpc) is 3.11. The minimum atomic E-state index is -3.19. The van der Waals surface area contributed by atoms with Gasteiger partial charge >= 0.3 is 0 Å². The molecule has 126 valence electrons. The molecule has 0 unspecified atom stereocenters. The van der Waals surface area contributed by atoms with Gasteiger partial charge in [-0.3, -0.25) is 10.1 Å². The number of carbonyl (C=O) groups excluding carboxylic acids is 1. The molecule has 0 bridgehead atoms. The van der Waals surface area contributed by atoms with Crippen LogP contribution in [0, 0.1) is 0 Å². The molecule has 0 saturated heterocycles. The third-order valence-corrected chi connectivity index (χ3v) is 5.96. The molecule has 0 spiro atoms. The highest BCUT2D eigenvalue weighted by atomic mass is 32.2. The van der Waals surface area contributed by atoms with Gasteiger partial charge in [-0.1, -0.05) is 23.5 Å². The van der Waals surface area contributed by atoms with E-state index in [1.807, 2.05) is 30.3 Å². The van der Waals surface area contributed by atoms with Crippen molar-refractivity contribution in [1.82, 2.24) is 9.71 Å². The zero-order valence-corrected chi connectivity index (χ0v) is 15.2. The number of hydrogen-bond acceptors (Lipinski definition) is 6. The van der Waals surface area contributed by atoms with E-state index in [-0.39, 0.29) is 5.91 Å². The first-order valence-corrected chi connectivity index (χ1v) is 10.6. The number of nitrogens with one attached hydrogen (secondary N) is 2. The number of aromatic nitrogens is 1. The number of fused-ring (bicyclic) bond motifs is 1. The summed E-state index contributed by atoms with van der Waals surface area (Å²) in [4.78, 5) is 18.2. The van der Waals surface area contributed by atoms with Crippen LogP contribution in [0.2, 0.25) is 0 Å². The second-order valence-electron chi connectivity index (χ2n) is 5.12. The Balaban J connectivity index is 1.63. The predicted octanol–water partition coefficient (Wildman–Crippen LogP) is 2.70. The third kappa shape index (κ3) is 4.38. The molecule has 0 aliphatic heterocycles. The summed E-state index contributed by atoms with van der Waals surface area (Å²) in [5, 5.41) is 3.37. The van der Waals surface area contributed by atoms with E-state index in [1.54, 1.807) is 6.07 Å². The molecule has 3 rings (SSSR count). The van der Waals surface area contributed by atoms with Crippen molar-refractivity contribution in [2.75, 3.05) is 18.1 Å². The monoisotopic (exact) mass is 381 g/mol. The minimum absolute atomic E-state index is 0.207. The van der Waals surface area contributed by atoms with Crippen molar-refractivity contribution >= 4 is 54.0 Å². The van der Waals surface area contributed by atoms with Crippen molar-refractivity contribution < 1.29 is 13.2 Å². The van der Waals surface area contributed by atoms with Gasteiger partial charge in [0.05, 0.1) is 21.3 Å². The quantitative estimate of drug-likeness (QED) is 0.687. The van der Waals surface area contributed by atoms with Crippen LogP contribution in [-0.2, 0) is 16.4 Å². The van der Waals surface area contributed by atoms with Gasteiger partial charge in [0, 0.05) is 11.4 Å². The van der Waals surface area contributed by atoms with Crippen molar-refractivity contribution in [3.8, 4) is 0 Å². The maximum atomic E-state index is 12.3. The van der Waals surface area contributed by atoms with Crippen LogP contribution in [-0.4, -0.2) is 32.1 Å². The maximum Gasteiger partial charge on any atom is 0.267 e. The van der Waals surface area contributed by atoms with Gasteiger partial charge in [0.15, 0.2) is 5.13 Å². The third-order valence-electron chi connectivity index (χ3n) is 3.14. The van der Waals surface area contributed by atoms with E-state index in [4.69, 9.17) is 0 Å². The first-order chi connectivity index (χ1) is 11.4. The normalized spacial score (nSPS) is 11.7. The Labute approximate surface area is 147 Å². The van der Waals surface area contributed by atoms with Crippen molar-refractivity contribution in [3.63, 3.8) is 0 Å². The van der Waals surface area contributed by atoms with Gasteiger partial charge in [-0.15, -0.1) is 11.3 Å². The van der Waals surface area contributed by atoms with Gasteiger partial charge in [0.2, 0.25) is 10.0 Å². The molecule has 1 amide bonds. The second-order valence-corrected chi connectivity index (χ2v) is 9.16. The topological polar surface area (TPSA) is 88.2 Å². The SMILES string of the molecule is CS(=O)(=O)NCCc1ccc(C(=O)Nc2nc3ccccc3s2)s1. The summed E-state index contributed by atoms with van der Waals surface area (Å²) >= 11 is 2.78. The summed E-state index contributed by atoms with van der Waals surface area (Å²) in [5.74, 6) is -0.207. The number of sulfonamides is 1. The number of anilines is 1. The van der Waals surface area contributed by atoms with Crippen molar-refractivity contribution in [3.05, 3.63) is 46.2 Å². The molecule has 2 heterocycles. The van der Waals surface area contributed by atoms with Gasteiger partial charge in [-0.05, 0) is 30.7 Å². The van der Waals surface area contributed by atoms with E-state index in [2.05, 4.69) is 15.0 Å². The molecule has 0 radical (unpaired) electrons. The Bertz CT molecular complexity index is 943. The first-order valence-electron chi connectivity index (χ1n) is 7.11. The van der Waals surface area contributed by atoms with E-state index in [9.17, 15) is 13.2 Å². The number of carbonyl (C=O) groups is 1. The number of thiophene rings is 1. The number of benzene rings is 1. The molecule has 0 atom stereocenters. The van der Waals surface area contributed by atoms with E-state index in [1.165, 1.54) is 22.7 Å². The van der Waals surface area contributed by atoms with Crippen molar-refractivity contribution in [2.24, 2.45) is 0 Å². The maximum absolute atomic E-state index is 12.3. The fourth-order valence-corrected chi connectivity index (χ4v) is 4.31. The van der Waals surface area contributed by atoms with E-state index in [0.29, 0.717) is 23.0 Å². The minimum Gasteiger partial charge on any atom is -0.297 e. The number of para-hydroxylation sites is 1. The first kappa shape index (κ1) is 17.0. The molecular formula is C15H15N3O3S3. The fraction of sp³-hybridized carbons (Fsp3) is 0.200. The zero-order valence-electron chi connectivity index (χ0n) is 12.8. The van der Waals surface area contributed by atoms with Crippen LogP contribution in [0.5, 0.6) is 0 Å². The number of hydrogen-bond donors (Lipinski definition) is 2. The number of thiazole rings is 1. The van der Waals surface area contributed by atoms with Crippen molar-refractivity contribution in [1.29, 1.82) is 0 Å². The van der Waals surface area contributed by atoms with Crippen molar-refractivity contribution in [2.45, 2.75) is 6.42 Å². The summed E-state index contributed by atoms with van der Waals surface area (Å²) in [5.41, 5.74) is 0.858. The molecule has 0 aliphatic carbocycles. The largest absolute Gasteiger partial charge is 0.297 e. The Morgan fingerprint density at radius 3 is 2.71 bits per heavy atom. The highest BCUT2D eigenvalue weighted by Gasteiger charge is 2.12. The summed E-state index contributed by atoms with van der Waals surface area (Å²) in [6.07, 6.45) is 1.67. The summed E-state index contributed by atoms with van der Waals surface area (Å²) in [7, 11) is -3.19. The Hall–Kier alpha value is -1.81. The number of amides is 1. The summed E-state index contributed by atoms with van der Waals surface area (Å²) in [6.45, 7) is 0.318. The van der Waals surface area contributed by atoms with E-state index < -0.39 is 10.0 Å². The molecule has 1 aromatic carbocycles. The lowest BCUT2D eigenvalue weighted by Crippen LogP contribution is -2.24. The molecule has 0 aliphatic rings. The highest BCUT2D eigenvalue weighted by molar-refractivity contribution is 7.88. The molecule has 3 aromatic rings. The lowest BCUT2D eigenvalue weighted by molar-refractivity contribution is 0.103. The molecular weight excluding hydrogens is 366 g/mol. The highest BCUT2D eigenvalue weighted by Crippen LogP contribution is 2.26. The second kappa shape index (κ2) is 6.98. The Kier molecular flexibility index (Phi) is 4.95. The summed E-state index contributed by atoms with van der Waals surface area (Å²) < 4.78 is 25.5. The zero-order chi connectivity index (χ0) is 17.2. The van der Waals surface area contributed by atoms with Gasteiger partial charge in [0.1, 0.15) is 0 Å². The Morgan fingerprint density at radius 1 is 1.17 bits per heavy atom. The fourth-order valence-electron chi connectivity index (χ4n) is 2.08. The van der Waals surface area contributed by atoms with Gasteiger partial charge in [-0.2, -0.15) is 0 Å². The number of rotatable bonds is 6. The molecule has 2 aromatic heterocycles. The molecule has 6 nitrogen and oxygen atoms in total. The Morgan fingerprint density at radius 2 is 1.96 bits per heavy atom. The molecule has 0 saturated carbocycles. The standard InChI is InChI=1S/C15H15N3O3S3/c1-24(20,21)16-9-8-10-6-7-13(22-10)14(19)18-15-17-11-4-2-3-5-12(11)23-15/h2-7,16H,8-9H2,1H3,(H,17,18,19). The van der Waals surface area contributed by atoms with E-state index >= 15 is 0 Å². The van der Waals surface area contributed by atoms with Crippen LogP contribution < -0.4 is 10.0 Å². The van der Waals surface area contributed by atoms with Gasteiger partial charge in [0.25, 0.3) is 5.91 Å². The lowest BCUT2D eigenvalue weighted by Gasteiger charge is -2.00. The van der Waals surface area contributed by atoms with E-state index in [0.717, 1.165) is 21.3 Å². The smallest absolute Gasteiger partial charge is 0.267 e. The van der Waals surface area contributed by atoms with Crippen LogP contribution in [0.3, 0.4) is 0 Å². The van der Waals surface area contributed by atoms with Crippen LogP contribution in [0.1, 0.15) is 14.5 Å². The molecule has 9 heteroatoms. The number of nitrogens with zero attached hydrogens (tertiary/aromatic N) is 1. The van der Waals surface area contributed by atoms with Gasteiger partial charge in [-0.25, -0.2) is 18.1 Å². The van der Waals surface area contributed by atoms with Crippen LogP contribution in [0.4, 0.5) is 5.13 Å². The lowest BCUT2D eigenvalue weighted by atomic mass is 10.3. The molecule has 2 N–H and O–H groups in total. The molecule has 0 fully saturated rings.